The molecule has 0 saturated carbocycles. The maximum Gasteiger partial charge on any atom is 0.126 e. The lowest BCUT2D eigenvalue weighted by Gasteiger charge is -2.36. The quantitative estimate of drug-likeness (QED) is 0.781. The molecule has 0 spiro atoms. The largest absolute Gasteiger partial charge is 0.490 e. The van der Waals surface area contributed by atoms with Gasteiger partial charge >= 0.3 is 0 Å². The van der Waals surface area contributed by atoms with Gasteiger partial charge in [0, 0.05) is 18.2 Å². The lowest BCUT2D eigenvalue weighted by molar-refractivity contribution is 0.0660. The zero-order valence-corrected chi connectivity index (χ0v) is 10.1. The summed E-state index contributed by atoms with van der Waals surface area (Å²) in [6, 6.07) is 7.78. The van der Waals surface area contributed by atoms with Gasteiger partial charge in [0.05, 0.1) is 0 Å². The van der Waals surface area contributed by atoms with Crippen molar-refractivity contribution in [1.29, 1.82) is 0 Å². The lowest BCUT2D eigenvalue weighted by atomic mass is 10.0. The molecule has 0 N–H and O–H groups in total. The Morgan fingerprint density at radius 3 is 2.59 bits per heavy atom. The molecule has 3 rings (SSSR count). The van der Waals surface area contributed by atoms with Crippen LogP contribution in [0.4, 0.5) is 4.39 Å². The average Bonchev–Trinajstić information content (AvgIpc) is 2.52. The number of ether oxygens (including phenoxy) is 1. The maximum atomic E-state index is 13.1. The second-order valence-corrected chi connectivity index (χ2v) is 5.22. The van der Waals surface area contributed by atoms with Gasteiger partial charge in [0.15, 0.2) is 0 Å². The molecule has 17 heavy (non-hydrogen) atoms. The van der Waals surface area contributed by atoms with Gasteiger partial charge in [-0.2, -0.15) is 0 Å². The van der Waals surface area contributed by atoms with Crippen LogP contribution in [0.5, 0.6) is 5.75 Å². The van der Waals surface area contributed by atoms with Crippen molar-refractivity contribution in [2.45, 2.75) is 43.9 Å². The third kappa shape index (κ3) is 2.16. The highest BCUT2D eigenvalue weighted by Gasteiger charge is 2.39. The van der Waals surface area contributed by atoms with Gasteiger partial charge in [-0.15, -0.1) is 0 Å². The van der Waals surface area contributed by atoms with Gasteiger partial charge in [0.25, 0.3) is 0 Å². The van der Waals surface area contributed by atoms with Gasteiger partial charge in [-0.25, -0.2) is 4.39 Å². The van der Waals surface area contributed by atoms with E-state index < -0.39 is 0 Å². The number of halogens is 1. The van der Waals surface area contributed by atoms with Gasteiger partial charge in [-0.1, -0.05) is 6.07 Å². The number of hydrogen-bond acceptors (Lipinski definition) is 2. The fourth-order valence-corrected chi connectivity index (χ4v) is 3.19. The Morgan fingerprint density at radius 2 is 1.94 bits per heavy atom. The molecule has 3 heteroatoms. The van der Waals surface area contributed by atoms with Crippen LogP contribution in [0.2, 0.25) is 0 Å². The van der Waals surface area contributed by atoms with E-state index in [0.717, 1.165) is 12.8 Å². The highest BCUT2D eigenvalue weighted by Crippen LogP contribution is 2.35. The fourth-order valence-electron chi connectivity index (χ4n) is 3.19. The van der Waals surface area contributed by atoms with E-state index in [2.05, 4.69) is 11.9 Å². The molecule has 0 amide bonds. The molecule has 0 aliphatic carbocycles. The average molecular weight is 235 g/mol. The summed E-state index contributed by atoms with van der Waals surface area (Å²) in [6.07, 6.45) is 4.96. The van der Waals surface area contributed by atoms with Crippen molar-refractivity contribution in [1.82, 2.24) is 4.90 Å². The molecule has 92 valence electrons. The number of piperidine rings is 1. The molecular formula is C14H18FNO. The highest BCUT2D eigenvalue weighted by molar-refractivity contribution is 5.23. The van der Waals surface area contributed by atoms with Crippen LogP contribution in [0.3, 0.4) is 0 Å². The van der Waals surface area contributed by atoms with Gasteiger partial charge in [0.2, 0.25) is 0 Å². The summed E-state index contributed by atoms with van der Waals surface area (Å²) >= 11 is 0. The Labute approximate surface area is 101 Å². The molecular weight excluding hydrogens is 217 g/mol. The van der Waals surface area contributed by atoms with E-state index in [4.69, 9.17) is 4.74 Å². The third-order valence-corrected chi connectivity index (χ3v) is 4.15. The Hall–Kier alpha value is -1.09. The van der Waals surface area contributed by atoms with Crippen molar-refractivity contribution in [3.63, 3.8) is 0 Å². The number of fused-ring (bicyclic) bond motifs is 2. The molecule has 2 saturated heterocycles. The maximum absolute atomic E-state index is 13.1. The van der Waals surface area contributed by atoms with Crippen LogP contribution < -0.4 is 4.74 Å². The minimum Gasteiger partial charge on any atom is -0.490 e. The molecule has 2 fully saturated rings. The minimum atomic E-state index is -0.224. The Bertz CT molecular complexity index is 395. The van der Waals surface area contributed by atoms with Gasteiger partial charge < -0.3 is 9.64 Å². The molecule has 2 aliphatic rings. The monoisotopic (exact) mass is 235 g/mol. The van der Waals surface area contributed by atoms with Crippen molar-refractivity contribution in [3.05, 3.63) is 30.1 Å². The molecule has 2 atom stereocenters. The lowest BCUT2D eigenvalue weighted by Crippen LogP contribution is -2.43. The summed E-state index contributed by atoms with van der Waals surface area (Å²) in [5.41, 5.74) is 0. The SMILES string of the molecule is CN1C2CCC1CC(Oc1cccc(F)c1)C2. The second-order valence-electron chi connectivity index (χ2n) is 5.22. The zero-order chi connectivity index (χ0) is 11.8. The van der Waals surface area contributed by atoms with E-state index >= 15 is 0 Å². The Balaban J connectivity index is 1.67. The summed E-state index contributed by atoms with van der Waals surface area (Å²) < 4.78 is 19.0. The van der Waals surface area contributed by atoms with E-state index in [1.165, 1.54) is 25.0 Å². The van der Waals surface area contributed by atoms with E-state index in [9.17, 15) is 4.39 Å². The Morgan fingerprint density at radius 1 is 1.24 bits per heavy atom. The van der Waals surface area contributed by atoms with Crippen LogP contribution in [0.1, 0.15) is 25.7 Å². The van der Waals surface area contributed by atoms with Crippen LogP contribution in [0, 0.1) is 5.82 Å². The topological polar surface area (TPSA) is 12.5 Å². The molecule has 2 nitrogen and oxygen atoms in total. The van der Waals surface area contributed by atoms with Crippen molar-refractivity contribution in [3.8, 4) is 5.75 Å². The predicted molar refractivity (Wildman–Crippen MR) is 64.6 cm³/mol. The summed E-state index contributed by atoms with van der Waals surface area (Å²) in [5, 5.41) is 0. The minimum absolute atomic E-state index is 0.224. The molecule has 1 aromatic carbocycles. The molecule has 0 radical (unpaired) electrons. The molecule has 1 aromatic rings. The predicted octanol–water partition coefficient (Wildman–Crippen LogP) is 2.83. The normalized spacial score (nSPS) is 32.7. The first-order chi connectivity index (χ1) is 8.22. The van der Waals surface area contributed by atoms with Crippen molar-refractivity contribution in [2.75, 3.05) is 7.05 Å². The van der Waals surface area contributed by atoms with Gasteiger partial charge in [-0.05, 0) is 44.9 Å². The highest BCUT2D eigenvalue weighted by atomic mass is 19.1. The summed E-state index contributed by atoms with van der Waals surface area (Å²) in [4.78, 5) is 2.48. The van der Waals surface area contributed by atoms with E-state index in [0.29, 0.717) is 17.8 Å². The van der Waals surface area contributed by atoms with Crippen LogP contribution >= 0.6 is 0 Å². The molecule has 2 unspecified atom stereocenters. The standard InChI is InChI=1S/C14H18FNO/c1-16-11-5-6-12(16)9-14(8-11)17-13-4-2-3-10(15)7-13/h2-4,7,11-12,14H,5-6,8-9H2,1H3. The van der Waals surface area contributed by atoms with Crippen LogP contribution in [-0.2, 0) is 0 Å². The van der Waals surface area contributed by atoms with Crippen molar-refractivity contribution in [2.24, 2.45) is 0 Å². The molecule has 2 heterocycles. The van der Waals surface area contributed by atoms with E-state index in [-0.39, 0.29) is 11.9 Å². The van der Waals surface area contributed by atoms with E-state index in [1.54, 1.807) is 6.07 Å². The second kappa shape index (κ2) is 4.30. The number of rotatable bonds is 2. The Kier molecular flexibility index (Phi) is 2.79. The smallest absolute Gasteiger partial charge is 0.126 e. The molecule has 2 bridgehead atoms. The number of benzene rings is 1. The molecule has 0 aromatic heterocycles. The molecule has 2 aliphatic heterocycles. The van der Waals surface area contributed by atoms with E-state index in [1.807, 2.05) is 6.07 Å². The summed E-state index contributed by atoms with van der Waals surface area (Å²) in [5.74, 6) is 0.442. The third-order valence-electron chi connectivity index (χ3n) is 4.15. The van der Waals surface area contributed by atoms with Crippen molar-refractivity contribution < 1.29 is 9.13 Å². The van der Waals surface area contributed by atoms with Crippen molar-refractivity contribution >= 4 is 0 Å². The van der Waals surface area contributed by atoms with Crippen LogP contribution in [-0.4, -0.2) is 30.1 Å². The first-order valence-corrected chi connectivity index (χ1v) is 6.36. The fraction of sp³-hybridized carbons (Fsp3) is 0.571. The first-order valence-electron chi connectivity index (χ1n) is 6.36. The first kappa shape index (κ1) is 11.0. The van der Waals surface area contributed by atoms with Crippen LogP contribution in [0.15, 0.2) is 24.3 Å². The van der Waals surface area contributed by atoms with Gasteiger partial charge in [-0.3, -0.25) is 0 Å². The zero-order valence-electron chi connectivity index (χ0n) is 10.1. The summed E-state index contributed by atoms with van der Waals surface area (Å²) in [6.45, 7) is 0. The van der Waals surface area contributed by atoms with Gasteiger partial charge in [0.1, 0.15) is 17.7 Å². The van der Waals surface area contributed by atoms with Crippen LogP contribution in [0.25, 0.3) is 0 Å². The summed E-state index contributed by atoms with van der Waals surface area (Å²) in [7, 11) is 2.21. The number of hydrogen-bond donors (Lipinski definition) is 0. The number of nitrogens with zero attached hydrogens (tertiary/aromatic N) is 1.